The van der Waals surface area contributed by atoms with Crippen LogP contribution in [0.25, 0.3) is 0 Å². The normalized spacial score (nSPS) is 15.3. The summed E-state index contributed by atoms with van der Waals surface area (Å²) in [5, 5.41) is 3.22. The van der Waals surface area contributed by atoms with Crippen molar-refractivity contribution in [1.82, 2.24) is 5.32 Å². The summed E-state index contributed by atoms with van der Waals surface area (Å²) >= 11 is 0. The minimum Gasteiger partial charge on any atom is -0.344 e. The number of nitrogens with one attached hydrogen (secondary N) is 1. The van der Waals surface area contributed by atoms with Crippen LogP contribution in [0.3, 0.4) is 0 Å². The van der Waals surface area contributed by atoms with Gasteiger partial charge in [0.25, 0.3) is 0 Å². The Kier molecular flexibility index (Phi) is 15.5. The molecular weight excluding hydrogens is 105 g/mol. The van der Waals surface area contributed by atoms with E-state index in [9.17, 15) is 0 Å². The Morgan fingerprint density at radius 3 is 1.78 bits per heavy atom. The second-order valence-electron chi connectivity index (χ2n) is 1.96. The largest absolute Gasteiger partial charge is 1.00 e. The fourth-order valence-electron chi connectivity index (χ4n) is 0.625. The Labute approximate surface area is 70.8 Å². The summed E-state index contributed by atoms with van der Waals surface area (Å²) in [5.74, 6) is 0. The molecule has 0 saturated carbocycles. The van der Waals surface area contributed by atoms with Gasteiger partial charge in [0.15, 0.2) is 0 Å². The maximum absolute atomic E-state index is 3.49. The zero-order valence-electron chi connectivity index (χ0n) is 6.74. The van der Waals surface area contributed by atoms with Crippen LogP contribution in [0.2, 0.25) is 0 Å². The van der Waals surface area contributed by atoms with Crippen molar-refractivity contribution in [2.45, 2.75) is 26.2 Å². The summed E-state index contributed by atoms with van der Waals surface area (Å²) in [6.45, 7) is 8.00. The van der Waals surface area contributed by atoms with Gasteiger partial charge in [-0.15, -0.1) is 0 Å². The molecule has 0 aromatic heterocycles. The number of hydrogen-bond donors (Lipinski definition) is 1. The van der Waals surface area contributed by atoms with Crippen LogP contribution in [0.15, 0.2) is 0 Å². The molecule has 0 aromatic rings. The van der Waals surface area contributed by atoms with Crippen molar-refractivity contribution < 1.29 is 18.9 Å². The molecule has 0 spiro atoms. The summed E-state index contributed by atoms with van der Waals surface area (Å²) in [6.07, 6.45) is 3.78. The van der Waals surface area contributed by atoms with Crippen LogP contribution < -0.4 is 24.2 Å². The molecule has 0 unspecified atom stereocenters. The van der Waals surface area contributed by atoms with E-state index >= 15 is 0 Å². The first kappa shape index (κ1) is 12.3. The fourth-order valence-corrected chi connectivity index (χ4v) is 0.625. The molecule has 1 aliphatic heterocycles. The zero-order valence-corrected chi connectivity index (χ0v) is 6.74. The Morgan fingerprint density at radius 1 is 1.33 bits per heavy atom. The molecule has 0 aromatic carbocycles. The molecule has 1 aliphatic rings. The maximum Gasteiger partial charge on any atom is 1.00 e. The summed E-state index contributed by atoms with van der Waals surface area (Å²) in [7, 11) is 0. The third-order valence-electron chi connectivity index (χ3n) is 0.957. The van der Waals surface area contributed by atoms with Gasteiger partial charge in [-0.1, -0.05) is 6.92 Å². The molecule has 1 fully saturated rings. The third kappa shape index (κ3) is 11.9. The Bertz CT molecular complexity index is 28.3. The van der Waals surface area contributed by atoms with Gasteiger partial charge in [0.1, 0.15) is 0 Å². The van der Waals surface area contributed by atoms with Crippen molar-refractivity contribution in [3.8, 4) is 0 Å². The van der Waals surface area contributed by atoms with Gasteiger partial charge in [-0.25, -0.2) is 0 Å². The van der Waals surface area contributed by atoms with E-state index in [0.29, 0.717) is 0 Å². The quantitative estimate of drug-likeness (QED) is 0.307. The molecule has 1 heterocycles. The van der Waals surface area contributed by atoms with Gasteiger partial charge in [-0.05, 0) is 25.9 Å². The molecule has 9 heavy (non-hydrogen) atoms. The fraction of sp³-hybridized carbons (Fsp3) is 0.857. The summed E-state index contributed by atoms with van der Waals surface area (Å²) in [6, 6.07) is 0. The van der Waals surface area contributed by atoms with Crippen LogP contribution in [0.1, 0.15) is 26.2 Å². The molecule has 0 bridgehead atoms. The van der Waals surface area contributed by atoms with E-state index in [2.05, 4.69) is 12.2 Å². The van der Waals surface area contributed by atoms with Crippen LogP contribution in [0.4, 0.5) is 0 Å². The van der Waals surface area contributed by atoms with Gasteiger partial charge >= 0.3 is 18.9 Å². The summed E-state index contributed by atoms with van der Waals surface area (Å²) in [5.41, 5.74) is 0. The summed E-state index contributed by atoms with van der Waals surface area (Å²) in [4.78, 5) is 0. The van der Waals surface area contributed by atoms with Crippen LogP contribution >= 0.6 is 0 Å². The first-order valence-electron chi connectivity index (χ1n) is 3.41. The molecule has 1 N–H and O–H groups in total. The van der Waals surface area contributed by atoms with Crippen LogP contribution in [0, 0.1) is 6.92 Å². The van der Waals surface area contributed by atoms with Crippen LogP contribution in [0.5, 0.6) is 0 Å². The molecule has 1 nitrogen and oxygen atoms in total. The van der Waals surface area contributed by atoms with Gasteiger partial charge in [0.2, 0.25) is 0 Å². The minimum absolute atomic E-state index is 0. The zero-order chi connectivity index (χ0) is 6.24. The Morgan fingerprint density at radius 2 is 1.67 bits per heavy atom. The molecule has 0 amide bonds. The minimum atomic E-state index is 0. The average molecular weight is 121 g/mol. The molecule has 0 radical (unpaired) electrons. The van der Waals surface area contributed by atoms with E-state index in [4.69, 9.17) is 0 Å². The second kappa shape index (κ2) is 11.4. The van der Waals surface area contributed by atoms with E-state index < -0.39 is 0 Å². The van der Waals surface area contributed by atoms with Crippen LogP contribution in [-0.4, -0.2) is 13.1 Å². The predicted molar refractivity (Wildman–Crippen MR) is 37.8 cm³/mol. The SMILES string of the molecule is C1CCNC1.[CH2-]CC.[Li+]. The molecule has 50 valence electrons. The van der Waals surface area contributed by atoms with E-state index in [1.165, 1.54) is 25.9 Å². The molecular formula is C7H16LiN. The van der Waals surface area contributed by atoms with Crippen molar-refractivity contribution in [1.29, 1.82) is 0 Å². The van der Waals surface area contributed by atoms with E-state index in [1.807, 2.05) is 6.92 Å². The van der Waals surface area contributed by atoms with Crippen molar-refractivity contribution in [2.24, 2.45) is 0 Å². The first-order valence-corrected chi connectivity index (χ1v) is 3.41. The van der Waals surface area contributed by atoms with Gasteiger partial charge in [0, 0.05) is 0 Å². The third-order valence-corrected chi connectivity index (χ3v) is 0.957. The predicted octanol–water partition coefficient (Wildman–Crippen LogP) is -1.40. The van der Waals surface area contributed by atoms with Gasteiger partial charge < -0.3 is 12.2 Å². The Hall–Kier alpha value is 0.557. The first-order chi connectivity index (χ1) is 3.91. The molecule has 1 rings (SSSR count). The van der Waals surface area contributed by atoms with E-state index in [0.717, 1.165) is 6.42 Å². The molecule has 0 aliphatic carbocycles. The smallest absolute Gasteiger partial charge is 0.344 e. The maximum atomic E-state index is 3.49. The van der Waals surface area contributed by atoms with Crippen molar-refractivity contribution in [2.75, 3.05) is 13.1 Å². The van der Waals surface area contributed by atoms with E-state index in [1.54, 1.807) is 0 Å². The Balaban J connectivity index is 0. The summed E-state index contributed by atoms with van der Waals surface area (Å²) < 4.78 is 0. The number of hydrogen-bond acceptors (Lipinski definition) is 1. The van der Waals surface area contributed by atoms with Crippen molar-refractivity contribution >= 4 is 0 Å². The van der Waals surface area contributed by atoms with Gasteiger partial charge in [-0.3, -0.25) is 0 Å². The van der Waals surface area contributed by atoms with Crippen molar-refractivity contribution in [3.05, 3.63) is 6.92 Å². The second-order valence-corrected chi connectivity index (χ2v) is 1.96. The van der Waals surface area contributed by atoms with E-state index in [-0.39, 0.29) is 18.9 Å². The van der Waals surface area contributed by atoms with Gasteiger partial charge in [-0.2, -0.15) is 6.42 Å². The average Bonchev–Trinajstić information content (AvgIpc) is 2.17. The standard InChI is InChI=1S/C4H9N.C3H7.Li/c1-2-4-5-3-1;1-3-2;/h5H,1-4H2;1,3H2,2H3;/q;-1;+1. The van der Waals surface area contributed by atoms with Crippen molar-refractivity contribution in [3.63, 3.8) is 0 Å². The topological polar surface area (TPSA) is 12.0 Å². The molecule has 1 saturated heterocycles. The van der Waals surface area contributed by atoms with Gasteiger partial charge in [0.05, 0.1) is 0 Å². The molecule has 0 atom stereocenters. The molecule has 2 heteroatoms. The van der Waals surface area contributed by atoms with Crippen LogP contribution in [-0.2, 0) is 0 Å². The monoisotopic (exact) mass is 121 g/mol. The number of rotatable bonds is 0.